The minimum absolute atomic E-state index is 0.343. The Morgan fingerprint density at radius 1 is 1.00 bits per heavy atom. The number of unbranched alkanes of at least 4 members (excludes halogenated alkanes) is 1. The summed E-state index contributed by atoms with van der Waals surface area (Å²) in [6, 6.07) is 17.4. The molecule has 2 aromatic rings. The van der Waals surface area contributed by atoms with Gasteiger partial charge in [0.25, 0.3) is 0 Å². The molecule has 2 aromatic carbocycles. The molecule has 1 atom stereocenters. The Balaban J connectivity index is 1.99. The van der Waals surface area contributed by atoms with E-state index in [4.69, 9.17) is 9.47 Å². The van der Waals surface area contributed by atoms with Crippen LogP contribution in [0.5, 0.6) is 5.75 Å². The van der Waals surface area contributed by atoms with Crippen molar-refractivity contribution in [2.45, 2.75) is 32.2 Å². The third-order valence-corrected chi connectivity index (χ3v) is 3.56. The molecule has 0 radical (unpaired) electrons. The number of rotatable bonds is 8. The lowest BCUT2D eigenvalue weighted by molar-refractivity contribution is -0.146. The molecule has 1 amide bonds. The molecule has 0 aliphatic heterocycles. The Labute approximate surface area is 148 Å². The summed E-state index contributed by atoms with van der Waals surface area (Å²) in [5.74, 6) is -0.0415. The molecular formula is C20H23NO4. The fourth-order valence-corrected chi connectivity index (χ4v) is 2.23. The first-order valence-corrected chi connectivity index (χ1v) is 8.43. The van der Waals surface area contributed by atoms with Gasteiger partial charge in [0, 0.05) is 6.42 Å². The monoisotopic (exact) mass is 341 g/mol. The lowest BCUT2D eigenvalue weighted by Crippen LogP contribution is -2.44. The fraction of sp³-hybridized carbons (Fsp3) is 0.300. The number of carbonyl (C=O) groups excluding carboxylic acids is 2. The molecule has 1 N–H and O–H groups in total. The van der Waals surface area contributed by atoms with Crippen LogP contribution in [-0.4, -0.2) is 24.7 Å². The normalized spacial score (nSPS) is 11.4. The number of benzene rings is 2. The zero-order valence-corrected chi connectivity index (χ0v) is 14.3. The minimum Gasteiger partial charge on any atom is -0.464 e. The van der Waals surface area contributed by atoms with Gasteiger partial charge in [-0.3, -0.25) is 0 Å². The van der Waals surface area contributed by atoms with Gasteiger partial charge in [-0.2, -0.15) is 0 Å². The number of carbonyl (C=O) groups is 2. The van der Waals surface area contributed by atoms with Crippen molar-refractivity contribution >= 4 is 12.1 Å². The first-order chi connectivity index (χ1) is 12.2. The average Bonchev–Trinajstić information content (AvgIpc) is 2.63. The molecule has 1 unspecified atom stereocenters. The van der Waals surface area contributed by atoms with Crippen LogP contribution in [0.15, 0.2) is 60.7 Å². The predicted molar refractivity (Wildman–Crippen MR) is 95.4 cm³/mol. The van der Waals surface area contributed by atoms with E-state index in [1.165, 1.54) is 0 Å². The van der Waals surface area contributed by atoms with Crippen LogP contribution in [0.4, 0.5) is 4.79 Å². The highest BCUT2D eigenvalue weighted by Gasteiger charge is 2.23. The van der Waals surface area contributed by atoms with E-state index in [0.717, 1.165) is 18.4 Å². The fourth-order valence-electron chi connectivity index (χ4n) is 2.23. The average molecular weight is 341 g/mol. The molecule has 0 bridgehead atoms. The molecule has 2 rings (SSSR count). The Bertz CT molecular complexity index is 658. The number of esters is 1. The van der Waals surface area contributed by atoms with Crippen LogP contribution >= 0.6 is 0 Å². The number of nitrogens with one attached hydrogen (secondary N) is 1. The van der Waals surface area contributed by atoms with Crippen molar-refractivity contribution in [3.05, 3.63) is 66.2 Å². The highest BCUT2D eigenvalue weighted by atomic mass is 16.6. The molecule has 0 saturated heterocycles. The summed E-state index contributed by atoms with van der Waals surface area (Å²) in [5.41, 5.74) is 0.931. The number of amides is 1. The van der Waals surface area contributed by atoms with Crippen LogP contribution < -0.4 is 10.1 Å². The summed E-state index contributed by atoms with van der Waals surface area (Å²) in [7, 11) is 0. The van der Waals surface area contributed by atoms with Gasteiger partial charge in [0.2, 0.25) is 0 Å². The predicted octanol–water partition coefficient (Wildman–Crippen LogP) is 3.73. The van der Waals surface area contributed by atoms with Crippen LogP contribution in [0.1, 0.15) is 25.3 Å². The van der Waals surface area contributed by atoms with Crippen LogP contribution in [0.3, 0.4) is 0 Å². The van der Waals surface area contributed by atoms with Crippen molar-refractivity contribution < 1.29 is 19.1 Å². The van der Waals surface area contributed by atoms with Crippen LogP contribution in [0.2, 0.25) is 0 Å². The highest BCUT2D eigenvalue weighted by molar-refractivity contribution is 5.82. The number of hydrogen-bond acceptors (Lipinski definition) is 4. The summed E-state index contributed by atoms with van der Waals surface area (Å²) in [4.78, 5) is 24.4. The Morgan fingerprint density at radius 3 is 2.28 bits per heavy atom. The first kappa shape index (κ1) is 18.5. The third kappa shape index (κ3) is 6.67. The van der Waals surface area contributed by atoms with Crippen molar-refractivity contribution in [1.29, 1.82) is 0 Å². The molecule has 0 heterocycles. The standard InChI is InChI=1S/C20H23NO4/c1-2-3-14-24-19(22)18(15-16-10-6-4-7-11-16)21-20(23)25-17-12-8-5-9-13-17/h4-13,18H,2-3,14-15H2,1H3,(H,21,23). The zero-order valence-electron chi connectivity index (χ0n) is 14.3. The lowest BCUT2D eigenvalue weighted by Gasteiger charge is -2.17. The van der Waals surface area contributed by atoms with E-state index in [9.17, 15) is 9.59 Å². The number of ether oxygens (including phenoxy) is 2. The minimum atomic E-state index is -0.796. The maximum atomic E-state index is 12.3. The lowest BCUT2D eigenvalue weighted by atomic mass is 10.1. The quantitative estimate of drug-likeness (QED) is 0.587. The number of hydrogen-bond donors (Lipinski definition) is 1. The van der Waals surface area contributed by atoms with E-state index < -0.39 is 18.1 Å². The first-order valence-electron chi connectivity index (χ1n) is 8.43. The highest BCUT2D eigenvalue weighted by Crippen LogP contribution is 2.10. The van der Waals surface area contributed by atoms with Gasteiger partial charge < -0.3 is 14.8 Å². The molecule has 0 aliphatic carbocycles. The van der Waals surface area contributed by atoms with Gasteiger partial charge in [-0.1, -0.05) is 61.9 Å². The van der Waals surface area contributed by atoms with Crippen LogP contribution in [0.25, 0.3) is 0 Å². The largest absolute Gasteiger partial charge is 0.464 e. The molecule has 25 heavy (non-hydrogen) atoms. The van der Waals surface area contributed by atoms with Crippen LogP contribution in [-0.2, 0) is 16.0 Å². The molecule has 0 aromatic heterocycles. The van der Waals surface area contributed by atoms with Gasteiger partial charge >= 0.3 is 12.1 Å². The van der Waals surface area contributed by atoms with E-state index >= 15 is 0 Å². The van der Waals surface area contributed by atoms with Crippen LogP contribution in [0, 0.1) is 0 Å². The molecule has 5 nitrogen and oxygen atoms in total. The Morgan fingerprint density at radius 2 is 1.64 bits per heavy atom. The molecule has 0 fully saturated rings. The smallest absolute Gasteiger partial charge is 0.413 e. The van der Waals surface area contributed by atoms with Gasteiger partial charge in [0.1, 0.15) is 11.8 Å². The Hall–Kier alpha value is -2.82. The SMILES string of the molecule is CCCCOC(=O)C(Cc1ccccc1)NC(=O)Oc1ccccc1. The second-order valence-corrected chi connectivity index (χ2v) is 5.61. The topological polar surface area (TPSA) is 64.6 Å². The third-order valence-electron chi connectivity index (χ3n) is 3.56. The summed E-state index contributed by atoms with van der Waals surface area (Å²) in [6.45, 7) is 2.36. The van der Waals surface area contributed by atoms with Crippen molar-refractivity contribution in [2.24, 2.45) is 0 Å². The van der Waals surface area contributed by atoms with Crippen molar-refractivity contribution in [1.82, 2.24) is 5.32 Å². The molecule has 132 valence electrons. The second kappa shape index (κ2) is 10.1. The van der Waals surface area contributed by atoms with Gasteiger partial charge in [-0.15, -0.1) is 0 Å². The summed E-state index contributed by atoms with van der Waals surface area (Å²) in [5, 5.41) is 2.60. The van der Waals surface area contributed by atoms with E-state index in [-0.39, 0.29) is 0 Å². The van der Waals surface area contributed by atoms with Gasteiger partial charge in [-0.25, -0.2) is 9.59 Å². The summed E-state index contributed by atoms with van der Waals surface area (Å²) in [6.07, 6.45) is 1.38. The number of para-hydroxylation sites is 1. The van der Waals surface area contributed by atoms with Gasteiger partial charge in [0.05, 0.1) is 6.61 Å². The van der Waals surface area contributed by atoms with Crippen molar-refractivity contribution in [2.75, 3.05) is 6.61 Å². The molecule has 0 spiro atoms. The van der Waals surface area contributed by atoms with E-state index in [2.05, 4.69) is 5.32 Å². The summed E-state index contributed by atoms with van der Waals surface area (Å²) < 4.78 is 10.5. The maximum absolute atomic E-state index is 12.3. The zero-order chi connectivity index (χ0) is 17.9. The van der Waals surface area contributed by atoms with E-state index in [1.807, 2.05) is 43.3 Å². The molecule has 0 aliphatic rings. The van der Waals surface area contributed by atoms with Crippen molar-refractivity contribution in [3.8, 4) is 5.75 Å². The molecular weight excluding hydrogens is 318 g/mol. The maximum Gasteiger partial charge on any atom is 0.413 e. The van der Waals surface area contributed by atoms with Gasteiger partial charge in [0.15, 0.2) is 0 Å². The van der Waals surface area contributed by atoms with Gasteiger partial charge in [-0.05, 0) is 24.1 Å². The molecule has 5 heteroatoms. The van der Waals surface area contributed by atoms with E-state index in [0.29, 0.717) is 18.8 Å². The summed E-state index contributed by atoms with van der Waals surface area (Å²) >= 11 is 0. The second-order valence-electron chi connectivity index (χ2n) is 5.61. The Kier molecular flexibility index (Phi) is 7.50. The molecule has 0 saturated carbocycles. The van der Waals surface area contributed by atoms with E-state index in [1.54, 1.807) is 24.3 Å². The van der Waals surface area contributed by atoms with Crippen molar-refractivity contribution in [3.63, 3.8) is 0 Å².